The summed E-state index contributed by atoms with van der Waals surface area (Å²) in [7, 11) is 3.04. The van der Waals surface area contributed by atoms with Crippen LogP contribution in [0.1, 0.15) is 12.8 Å². The lowest BCUT2D eigenvalue weighted by Crippen LogP contribution is -2.52. The van der Waals surface area contributed by atoms with E-state index >= 15 is 0 Å². The fourth-order valence-corrected chi connectivity index (χ4v) is 2.89. The second-order valence-corrected chi connectivity index (χ2v) is 5.85. The van der Waals surface area contributed by atoms with Crippen LogP contribution in [0.15, 0.2) is 30.3 Å². The molecule has 0 spiro atoms. The number of para-hydroxylation sites is 1. The molecule has 0 atom stereocenters. The van der Waals surface area contributed by atoms with E-state index in [4.69, 9.17) is 14.6 Å². The molecule has 0 radical (unpaired) electrons. The number of methoxy groups -OCH3 is 2. The van der Waals surface area contributed by atoms with Crippen LogP contribution in [-0.2, 0) is 9.47 Å². The monoisotopic (exact) mass is 351 g/mol. The predicted molar refractivity (Wildman–Crippen MR) is 92.6 cm³/mol. The van der Waals surface area contributed by atoms with Crippen LogP contribution in [0, 0.1) is 0 Å². The van der Waals surface area contributed by atoms with Crippen molar-refractivity contribution in [3.8, 4) is 0 Å². The number of anilines is 1. The van der Waals surface area contributed by atoms with Gasteiger partial charge in [0.05, 0.1) is 6.54 Å². The smallest absolute Gasteiger partial charge is 0.407 e. The number of urea groups is 1. The maximum atomic E-state index is 12.8. The average molecular weight is 351 g/mol. The first-order chi connectivity index (χ1) is 12.0. The van der Waals surface area contributed by atoms with Crippen molar-refractivity contribution >= 4 is 17.8 Å². The molecule has 138 valence electrons. The minimum absolute atomic E-state index is 0.0767. The van der Waals surface area contributed by atoms with Crippen molar-refractivity contribution in [3.05, 3.63) is 30.3 Å². The standard InChI is InChI=1S/C17H25N3O5/c1-24-15(25-2)12-20(14-8-10-19(11-9-14)17(22)23)16(21)18-13-6-4-3-5-7-13/h3-7,14-15H,8-12H2,1-2H3,(H,18,21)(H,22,23). The van der Waals surface area contributed by atoms with E-state index in [1.165, 1.54) is 19.1 Å². The van der Waals surface area contributed by atoms with E-state index in [0.717, 1.165) is 0 Å². The third-order valence-corrected chi connectivity index (χ3v) is 4.33. The Labute approximate surface area is 147 Å². The highest BCUT2D eigenvalue weighted by atomic mass is 16.7. The maximum Gasteiger partial charge on any atom is 0.407 e. The number of ether oxygens (including phenoxy) is 2. The zero-order valence-corrected chi connectivity index (χ0v) is 14.6. The van der Waals surface area contributed by atoms with Crippen LogP contribution in [0.2, 0.25) is 0 Å². The lowest BCUT2D eigenvalue weighted by molar-refractivity contribution is -0.115. The molecule has 25 heavy (non-hydrogen) atoms. The van der Waals surface area contributed by atoms with Crippen LogP contribution in [-0.4, -0.2) is 73.2 Å². The Balaban J connectivity index is 2.07. The van der Waals surface area contributed by atoms with Gasteiger partial charge < -0.3 is 29.7 Å². The molecule has 1 aromatic carbocycles. The zero-order chi connectivity index (χ0) is 18.2. The number of nitrogens with one attached hydrogen (secondary N) is 1. The molecule has 1 heterocycles. The first kappa shape index (κ1) is 19.0. The second kappa shape index (κ2) is 9.24. The molecule has 0 unspecified atom stereocenters. The van der Waals surface area contributed by atoms with Crippen molar-refractivity contribution in [2.45, 2.75) is 25.2 Å². The molecular formula is C17H25N3O5. The third-order valence-electron chi connectivity index (χ3n) is 4.33. The maximum absolute atomic E-state index is 12.8. The van der Waals surface area contributed by atoms with Gasteiger partial charge in [-0.25, -0.2) is 9.59 Å². The van der Waals surface area contributed by atoms with Crippen molar-refractivity contribution in [2.75, 3.05) is 39.2 Å². The van der Waals surface area contributed by atoms with Gasteiger partial charge in [0, 0.05) is 39.0 Å². The predicted octanol–water partition coefficient (Wildman–Crippen LogP) is 2.28. The van der Waals surface area contributed by atoms with Crippen LogP contribution < -0.4 is 5.32 Å². The van der Waals surface area contributed by atoms with Gasteiger partial charge in [0.25, 0.3) is 0 Å². The van der Waals surface area contributed by atoms with Crippen LogP contribution in [0.25, 0.3) is 0 Å². The van der Waals surface area contributed by atoms with Gasteiger partial charge >= 0.3 is 12.1 Å². The summed E-state index contributed by atoms with van der Waals surface area (Å²) in [4.78, 5) is 26.9. The first-order valence-corrected chi connectivity index (χ1v) is 8.21. The summed E-state index contributed by atoms with van der Waals surface area (Å²) in [5.41, 5.74) is 0.701. The van der Waals surface area contributed by atoms with E-state index in [1.54, 1.807) is 4.90 Å². The number of nitrogens with zero attached hydrogens (tertiary/aromatic N) is 2. The molecule has 0 bridgehead atoms. The van der Waals surface area contributed by atoms with E-state index in [9.17, 15) is 9.59 Å². The number of piperidine rings is 1. The number of hydrogen-bond donors (Lipinski definition) is 2. The molecule has 1 aliphatic heterocycles. The normalized spacial score (nSPS) is 15.2. The molecule has 0 aromatic heterocycles. The van der Waals surface area contributed by atoms with Crippen molar-refractivity contribution in [1.29, 1.82) is 0 Å². The topological polar surface area (TPSA) is 91.3 Å². The van der Waals surface area contributed by atoms with Crippen molar-refractivity contribution in [1.82, 2.24) is 9.80 Å². The van der Waals surface area contributed by atoms with Gasteiger partial charge in [-0.15, -0.1) is 0 Å². The molecule has 1 aromatic rings. The summed E-state index contributed by atoms with van der Waals surface area (Å²) >= 11 is 0. The largest absolute Gasteiger partial charge is 0.465 e. The number of likely N-dealkylation sites (tertiary alicyclic amines) is 1. The highest BCUT2D eigenvalue weighted by Gasteiger charge is 2.31. The van der Waals surface area contributed by atoms with Crippen LogP contribution in [0.4, 0.5) is 15.3 Å². The van der Waals surface area contributed by atoms with Gasteiger partial charge in [-0.2, -0.15) is 0 Å². The zero-order valence-electron chi connectivity index (χ0n) is 14.6. The SMILES string of the molecule is COC(CN(C(=O)Nc1ccccc1)C1CCN(C(=O)O)CC1)OC. The summed E-state index contributed by atoms with van der Waals surface area (Å²) in [5.74, 6) is 0. The summed E-state index contributed by atoms with van der Waals surface area (Å²) in [6.07, 6.45) is -0.312. The molecule has 1 saturated heterocycles. The van der Waals surface area contributed by atoms with Crippen molar-refractivity contribution < 1.29 is 24.2 Å². The lowest BCUT2D eigenvalue weighted by atomic mass is 10.0. The number of carbonyl (C=O) groups excluding carboxylic acids is 1. The van der Waals surface area contributed by atoms with Crippen molar-refractivity contribution in [3.63, 3.8) is 0 Å². The number of carbonyl (C=O) groups is 2. The molecule has 0 aliphatic carbocycles. The Morgan fingerprint density at radius 2 is 1.84 bits per heavy atom. The van der Waals surface area contributed by atoms with Crippen molar-refractivity contribution in [2.24, 2.45) is 0 Å². The Kier molecular flexibility index (Phi) is 7.03. The molecular weight excluding hydrogens is 326 g/mol. The molecule has 8 heteroatoms. The third kappa shape index (κ3) is 5.33. The number of rotatable bonds is 6. The summed E-state index contributed by atoms with van der Waals surface area (Å²) in [6, 6.07) is 8.87. The highest BCUT2D eigenvalue weighted by molar-refractivity contribution is 5.89. The van der Waals surface area contributed by atoms with E-state index in [-0.39, 0.29) is 18.6 Å². The Morgan fingerprint density at radius 3 is 2.36 bits per heavy atom. The number of amides is 3. The fourth-order valence-electron chi connectivity index (χ4n) is 2.89. The summed E-state index contributed by atoms with van der Waals surface area (Å²) < 4.78 is 10.5. The number of benzene rings is 1. The number of carboxylic acid groups (broad SMARTS) is 1. The highest BCUT2D eigenvalue weighted by Crippen LogP contribution is 2.19. The average Bonchev–Trinajstić information content (AvgIpc) is 2.63. The van der Waals surface area contributed by atoms with E-state index in [1.807, 2.05) is 30.3 Å². The molecule has 2 N–H and O–H groups in total. The molecule has 2 rings (SSSR count). The Hall–Kier alpha value is -2.32. The van der Waals surface area contributed by atoms with Crippen LogP contribution >= 0.6 is 0 Å². The summed E-state index contributed by atoms with van der Waals surface area (Å²) in [5, 5.41) is 12.0. The molecule has 1 aliphatic rings. The number of hydrogen-bond acceptors (Lipinski definition) is 4. The molecule has 1 fully saturated rings. The second-order valence-electron chi connectivity index (χ2n) is 5.85. The fraction of sp³-hybridized carbons (Fsp3) is 0.529. The van der Waals surface area contributed by atoms with Crippen LogP contribution in [0.3, 0.4) is 0 Å². The van der Waals surface area contributed by atoms with Gasteiger partial charge in [-0.05, 0) is 25.0 Å². The van der Waals surface area contributed by atoms with Gasteiger partial charge in [-0.1, -0.05) is 18.2 Å². The van der Waals surface area contributed by atoms with E-state index in [0.29, 0.717) is 31.6 Å². The van der Waals surface area contributed by atoms with Gasteiger partial charge in [0.15, 0.2) is 6.29 Å². The molecule has 8 nitrogen and oxygen atoms in total. The van der Waals surface area contributed by atoms with E-state index in [2.05, 4.69) is 5.32 Å². The lowest BCUT2D eigenvalue weighted by Gasteiger charge is -2.38. The first-order valence-electron chi connectivity index (χ1n) is 8.21. The van der Waals surface area contributed by atoms with Gasteiger partial charge in [0.1, 0.15) is 0 Å². The minimum Gasteiger partial charge on any atom is -0.465 e. The molecule has 3 amide bonds. The quantitative estimate of drug-likeness (QED) is 0.767. The van der Waals surface area contributed by atoms with Gasteiger partial charge in [0.2, 0.25) is 0 Å². The van der Waals surface area contributed by atoms with E-state index < -0.39 is 12.4 Å². The minimum atomic E-state index is -0.926. The Morgan fingerprint density at radius 1 is 1.24 bits per heavy atom. The van der Waals surface area contributed by atoms with Crippen LogP contribution in [0.5, 0.6) is 0 Å². The molecule has 0 saturated carbocycles. The van der Waals surface area contributed by atoms with Gasteiger partial charge in [-0.3, -0.25) is 0 Å². The Bertz CT molecular complexity index is 557. The summed E-state index contributed by atoms with van der Waals surface area (Å²) in [6.45, 7) is 1.07.